The van der Waals surface area contributed by atoms with Crippen LogP contribution in [0.5, 0.6) is 0 Å². The van der Waals surface area contributed by atoms with E-state index in [4.69, 9.17) is 0 Å². The monoisotopic (exact) mass is 1050 g/mol. The standard InChI is InChI=1S/C80H58N2/c1-79(2)69-47-48-70-76-64(58-44-42-52(50-72(58)80(70,3)4)74-61-35-19-23-39-67(61)78(68-40-24-20-36-62(68)74)82(55-29-13-7-14-30-55)56-31-15-8-16-32-56)46-45-63(75(69)76)57-43-41-51(49-71(57)79)73-59-33-17-21-37-65(59)77(66-38-22-18-34-60(66)73)81(53-25-9-5-10-26-53)54-27-11-6-12-28-54/h5-50H,1-4H3. The van der Waals surface area contributed by atoms with Gasteiger partial charge in [0.1, 0.15) is 0 Å². The lowest BCUT2D eigenvalue weighted by Gasteiger charge is -2.41. The molecular weight excluding hydrogens is 989 g/mol. The molecule has 0 N–H and O–H groups in total. The highest BCUT2D eigenvalue weighted by atomic mass is 15.2. The zero-order chi connectivity index (χ0) is 54.8. The van der Waals surface area contributed by atoms with Gasteiger partial charge < -0.3 is 9.80 Å². The highest BCUT2D eigenvalue weighted by Crippen LogP contribution is 2.58. The molecule has 14 aromatic rings. The number of fused-ring (bicyclic) bond motifs is 8. The molecule has 0 radical (unpaired) electrons. The summed E-state index contributed by atoms with van der Waals surface area (Å²) in [7, 11) is 0. The maximum Gasteiger partial charge on any atom is 0.0618 e. The minimum absolute atomic E-state index is 0.294. The van der Waals surface area contributed by atoms with Crippen molar-refractivity contribution in [1.82, 2.24) is 0 Å². The topological polar surface area (TPSA) is 6.48 Å². The van der Waals surface area contributed by atoms with E-state index in [0.29, 0.717) is 0 Å². The van der Waals surface area contributed by atoms with Crippen molar-refractivity contribution in [2.75, 3.05) is 9.80 Å². The van der Waals surface area contributed by atoms with Crippen LogP contribution in [0.2, 0.25) is 0 Å². The average molecular weight is 1050 g/mol. The minimum atomic E-state index is -0.294. The van der Waals surface area contributed by atoms with E-state index >= 15 is 0 Å². The summed E-state index contributed by atoms with van der Waals surface area (Å²) in [5.74, 6) is 0. The van der Waals surface area contributed by atoms with Gasteiger partial charge in [0.05, 0.1) is 11.4 Å². The molecule has 0 saturated carbocycles. The lowest BCUT2D eigenvalue weighted by atomic mass is 9.62. The van der Waals surface area contributed by atoms with Crippen molar-refractivity contribution < 1.29 is 0 Å². The van der Waals surface area contributed by atoms with Crippen molar-refractivity contribution in [3.8, 4) is 44.5 Å². The first kappa shape index (κ1) is 47.9. The van der Waals surface area contributed by atoms with E-state index in [9.17, 15) is 0 Å². The van der Waals surface area contributed by atoms with Gasteiger partial charge in [0.25, 0.3) is 0 Å². The van der Waals surface area contributed by atoms with Crippen LogP contribution in [0.3, 0.4) is 0 Å². The van der Waals surface area contributed by atoms with E-state index in [1.807, 2.05) is 0 Å². The van der Waals surface area contributed by atoms with E-state index in [2.05, 4.69) is 317 Å². The van der Waals surface area contributed by atoms with Crippen LogP contribution in [0.15, 0.2) is 279 Å². The van der Waals surface area contributed by atoms with E-state index in [-0.39, 0.29) is 10.8 Å². The smallest absolute Gasteiger partial charge is 0.0618 e. The molecule has 0 saturated heterocycles. The molecule has 0 aliphatic heterocycles. The van der Waals surface area contributed by atoms with Crippen LogP contribution in [-0.4, -0.2) is 0 Å². The first-order valence-corrected chi connectivity index (χ1v) is 28.8. The Morgan fingerprint density at radius 3 is 0.780 bits per heavy atom. The summed E-state index contributed by atoms with van der Waals surface area (Å²) in [5, 5.41) is 12.6. The molecule has 0 atom stereocenters. The Morgan fingerprint density at radius 2 is 0.488 bits per heavy atom. The molecule has 16 rings (SSSR count). The van der Waals surface area contributed by atoms with Crippen molar-refractivity contribution in [3.05, 3.63) is 301 Å². The predicted molar refractivity (Wildman–Crippen MR) is 349 cm³/mol. The Hall–Kier alpha value is -10.0. The number of para-hydroxylation sites is 4. The molecule has 0 heterocycles. The summed E-state index contributed by atoms with van der Waals surface area (Å²) in [5.41, 5.74) is 22.0. The van der Waals surface area contributed by atoms with Crippen molar-refractivity contribution in [2.45, 2.75) is 38.5 Å². The molecule has 2 heteroatoms. The number of hydrogen-bond acceptors (Lipinski definition) is 2. The minimum Gasteiger partial charge on any atom is -0.309 e. The lowest BCUT2D eigenvalue weighted by Crippen LogP contribution is -2.28. The largest absolute Gasteiger partial charge is 0.309 e. The second kappa shape index (κ2) is 18.3. The van der Waals surface area contributed by atoms with E-state index < -0.39 is 0 Å². The molecule has 388 valence electrons. The lowest BCUT2D eigenvalue weighted by molar-refractivity contribution is 0.633. The number of hydrogen-bond donors (Lipinski definition) is 0. The number of nitrogens with zero attached hydrogens (tertiary/aromatic N) is 2. The second-order valence-corrected chi connectivity index (χ2v) is 23.5. The third-order valence-electron chi connectivity index (χ3n) is 18.4. The van der Waals surface area contributed by atoms with Gasteiger partial charge in [-0.25, -0.2) is 0 Å². The maximum absolute atomic E-state index is 2.53. The number of benzene rings is 14. The van der Waals surface area contributed by atoms with Crippen molar-refractivity contribution in [2.24, 2.45) is 0 Å². The van der Waals surface area contributed by atoms with Gasteiger partial charge in [-0.3, -0.25) is 0 Å². The molecule has 0 fully saturated rings. The molecule has 0 bridgehead atoms. The summed E-state index contributed by atoms with van der Waals surface area (Å²) >= 11 is 0. The zero-order valence-corrected chi connectivity index (χ0v) is 46.5. The van der Waals surface area contributed by atoms with Gasteiger partial charge in [-0.1, -0.05) is 246 Å². The Balaban J connectivity index is 0.853. The van der Waals surface area contributed by atoms with Gasteiger partial charge >= 0.3 is 0 Å². The first-order valence-electron chi connectivity index (χ1n) is 28.8. The Labute approximate surface area is 479 Å². The fourth-order valence-electron chi connectivity index (χ4n) is 14.6. The number of anilines is 6. The molecule has 2 aliphatic rings. The molecule has 2 nitrogen and oxygen atoms in total. The van der Waals surface area contributed by atoms with Crippen LogP contribution in [0.25, 0.3) is 98.4 Å². The van der Waals surface area contributed by atoms with E-state index in [0.717, 1.165) is 22.7 Å². The van der Waals surface area contributed by atoms with E-state index in [1.165, 1.54) is 132 Å². The first-order chi connectivity index (χ1) is 40.3. The molecule has 14 aromatic carbocycles. The molecule has 0 unspecified atom stereocenters. The summed E-state index contributed by atoms with van der Waals surface area (Å²) in [6.07, 6.45) is 0. The third kappa shape index (κ3) is 7.01. The van der Waals surface area contributed by atoms with Gasteiger partial charge in [0.2, 0.25) is 0 Å². The number of rotatable bonds is 8. The molecule has 2 aliphatic carbocycles. The highest BCUT2D eigenvalue weighted by molar-refractivity contribution is 6.24. The maximum atomic E-state index is 2.53. The summed E-state index contributed by atoms with van der Waals surface area (Å²) < 4.78 is 0. The van der Waals surface area contributed by atoms with Gasteiger partial charge in [0.15, 0.2) is 0 Å². The normalized spacial score (nSPS) is 13.6. The SMILES string of the molecule is CC1(C)c2cc(-c3c4ccccc4c(N(c4ccccc4)c4ccccc4)c4ccccc34)ccc2-c2ccc3c4c(ccc1c24)C(C)(C)c1cc(-c2c4ccccc4c(N(c4ccccc4)c4ccccc4)c4ccccc24)ccc1-3. The van der Waals surface area contributed by atoms with Gasteiger partial charge in [-0.2, -0.15) is 0 Å². The van der Waals surface area contributed by atoms with E-state index in [1.54, 1.807) is 0 Å². The van der Waals surface area contributed by atoms with Crippen LogP contribution in [0.4, 0.5) is 34.1 Å². The quantitative estimate of drug-likeness (QED) is 0.140. The Bertz CT molecular complexity index is 4400. The van der Waals surface area contributed by atoms with Gasteiger partial charge in [-0.05, 0) is 160 Å². The highest BCUT2D eigenvalue weighted by Gasteiger charge is 2.40. The van der Waals surface area contributed by atoms with Crippen LogP contribution >= 0.6 is 0 Å². The van der Waals surface area contributed by atoms with Crippen molar-refractivity contribution in [1.29, 1.82) is 0 Å². The molecule has 82 heavy (non-hydrogen) atoms. The molecular formula is C80H58N2. The van der Waals surface area contributed by atoms with Gasteiger partial charge in [-0.15, -0.1) is 0 Å². The van der Waals surface area contributed by atoms with Crippen LogP contribution in [0, 0.1) is 0 Å². The fraction of sp³-hybridized carbons (Fsp3) is 0.0750. The average Bonchev–Trinajstić information content (AvgIpc) is 2.21. The molecule has 0 aromatic heterocycles. The predicted octanol–water partition coefficient (Wildman–Crippen LogP) is 22.3. The Morgan fingerprint density at radius 1 is 0.232 bits per heavy atom. The van der Waals surface area contributed by atoms with Crippen LogP contribution in [0.1, 0.15) is 49.9 Å². The van der Waals surface area contributed by atoms with Gasteiger partial charge in [0, 0.05) is 55.1 Å². The van der Waals surface area contributed by atoms with Crippen LogP contribution in [-0.2, 0) is 10.8 Å². The summed E-state index contributed by atoms with van der Waals surface area (Å²) in [6, 6.07) is 104. The summed E-state index contributed by atoms with van der Waals surface area (Å²) in [6.45, 7) is 9.80. The zero-order valence-electron chi connectivity index (χ0n) is 46.5. The van der Waals surface area contributed by atoms with Crippen molar-refractivity contribution in [3.63, 3.8) is 0 Å². The second-order valence-electron chi connectivity index (χ2n) is 23.5. The third-order valence-corrected chi connectivity index (χ3v) is 18.4. The molecule has 0 amide bonds. The molecule has 0 spiro atoms. The van der Waals surface area contributed by atoms with Crippen molar-refractivity contribution >= 4 is 88.0 Å². The fourth-order valence-corrected chi connectivity index (χ4v) is 14.6. The van der Waals surface area contributed by atoms with Crippen LogP contribution < -0.4 is 9.80 Å². The summed E-state index contributed by atoms with van der Waals surface area (Å²) in [4.78, 5) is 4.87. The Kier molecular flexibility index (Phi) is 10.7.